The van der Waals surface area contributed by atoms with Gasteiger partial charge < -0.3 is 11.1 Å². The molecule has 0 heterocycles. The Labute approximate surface area is 94.8 Å². The lowest BCUT2D eigenvalue weighted by Crippen LogP contribution is -2.28. The zero-order valence-corrected chi connectivity index (χ0v) is 9.70. The number of primary amides is 1. The topological polar surface area (TPSA) is 72.2 Å². The highest BCUT2D eigenvalue weighted by molar-refractivity contribution is 6.04. The predicted octanol–water partition coefficient (Wildman–Crippen LogP) is 1.77. The SMILES string of the molecule is CC(C)(C)C(=O)Nc1ccccc1C(N)=O. The minimum Gasteiger partial charge on any atom is -0.366 e. The van der Waals surface area contributed by atoms with Crippen molar-refractivity contribution in [2.75, 3.05) is 5.32 Å². The number of nitrogens with one attached hydrogen (secondary N) is 1. The van der Waals surface area contributed by atoms with Gasteiger partial charge >= 0.3 is 0 Å². The molecule has 0 radical (unpaired) electrons. The Bertz CT molecular complexity index is 419. The van der Waals surface area contributed by atoms with E-state index >= 15 is 0 Å². The van der Waals surface area contributed by atoms with Crippen molar-refractivity contribution in [2.45, 2.75) is 20.8 Å². The van der Waals surface area contributed by atoms with Gasteiger partial charge in [-0.1, -0.05) is 32.9 Å². The molecule has 0 aliphatic carbocycles. The number of benzene rings is 1. The van der Waals surface area contributed by atoms with Crippen molar-refractivity contribution in [2.24, 2.45) is 11.1 Å². The molecule has 86 valence electrons. The summed E-state index contributed by atoms with van der Waals surface area (Å²) in [6, 6.07) is 6.68. The summed E-state index contributed by atoms with van der Waals surface area (Å²) in [6.07, 6.45) is 0. The Morgan fingerprint density at radius 2 is 1.75 bits per heavy atom. The molecule has 1 aromatic rings. The van der Waals surface area contributed by atoms with Crippen LogP contribution in [0.1, 0.15) is 31.1 Å². The van der Waals surface area contributed by atoms with Crippen molar-refractivity contribution in [3.63, 3.8) is 0 Å². The van der Waals surface area contributed by atoms with E-state index in [1.54, 1.807) is 45.0 Å². The van der Waals surface area contributed by atoms with Crippen LogP contribution in [0, 0.1) is 5.41 Å². The van der Waals surface area contributed by atoms with Crippen LogP contribution in [0.2, 0.25) is 0 Å². The van der Waals surface area contributed by atoms with E-state index in [0.717, 1.165) is 0 Å². The molecule has 1 aromatic carbocycles. The second-order valence-electron chi connectivity index (χ2n) is 4.61. The van der Waals surface area contributed by atoms with Gasteiger partial charge in [0.15, 0.2) is 0 Å². The predicted molar refractivity (Wildman–Crippen MR) is 63.0 cm³/mol. The number of hydrogen-bond donors (Lipinski definition) is 2. The molecule has 0 aromatic heterocycles. The maximum atomic E-state index is 11.7. The van der Waals surface area contributed by atoms with E-state index in [4.69, 9.17) is 5.73 Å². The van der Waals surface area contributed by atoms with E-state index in [9.17, 15) is 9.59 Å². The molecule has 0 unspecified atom stereocenters. The first-order valence-corrected chi connectivity index (χ1v) is 5.02. The first kappa shape index (κ1) is 12.2. The van der Waals surface area contributed by atoms with Crippen molar-refractivity contribution >= 4 is 17.5 Å². The minimum atomic E-state index is -0.551. The van der Waals surface area contributed by atoms with Crippen LogP contribution in [0.3, 0.4) is 0 Å². The number of para-hydroxylation sites is 1. The summed E-state index contributed by atoms with van der Waals surface area (Å²) >= 11 is 0. The Morgan fingerprint density at radius 1 is 1.19 bits per heavy atom. The fourth-order valence-electron chi connectivity index (χ4n) is 1.12. The average Bonchev–Trinajstić information content (AvgIpc) is 2.16. The van der Waals surface area contributed by atoms with Gasteiger partial charge in [0, 0.05) is 5.41 Å². The van der Waals surface area contributed by atoms with Crippen LogP contribution in [-0.2, 0) is 4.79 Å². The fourth-order valence-corrected chi connectivity index (χ4v) is 1.12. The molecule has 4 heteroatoms. The Hall–Kier alpha value is -1.84. The molecule has 0 saturated heterocycles. The van der Waals surface area contributed by atoms with E-state index in [0.29, 0.717) is 11.3 Å². The largest absolute Gasteiger partial charge is 0.366 e. The third-order valence-electron chi connectivity index (χ3n) is 2.12. The molecule has 2 amide bonds. The second kappa shape index (κ2) is 4.35. The summed E-state index contributed by atoms with van der Waals surface area (Å²) < 4.78 is 0. The van der Waals surface area contributed by atoms with Crippen LogP contribution in [0.15, 0.2) is 24.3 Å². The highest BCUT2D eigenvalue weighted by Crippen LogP contribution is 2.19. The number of carbonyl (C=O) groups is 2. The summed E-state index contributed by atoms with van der Waals surface area (Å²) in [6.45, 7) is 5.40. The zero-order chi connectivity index (χ0) is 12.3. The van der Waals surface area contributed by atoms with Crippen LogP contribution < -0.4 is 11.1 Å². The molecule has 1 rings (SSSR count). The van der Waals surface area contributed by atoms with Crippen molar-refractivity contribution in [1.82, 2.24) is 0 Å². The molecule has 0 fully saturated rings. The van der Waals surface area contributed by atoms with Gasteiger partial charge in [0.1, 0.15) is 0 Å². The number of carbonyl (C=O) groups excluding carboxylic acids is 2. The highest BCUT2D eigenvalue weighted by atomic mass is 16.2. The minimum absolute atomic E-state index is 0.152. The Morgan fingerprint density at radius 3 is 2.25 bits per heavy atom. The molecule has 4 nitrogen and oxygen atoms in total. The van der Waals surface area contributed by atoms with E-state index in [1.807, 2.05) is 0 Å². The fraction of sp³-hybridized carbons (Fsp3) is 0.333. The van der Waals surface area contributed by atoms with Crippen molar-refractivity contribution < 1.29 is 9.59 Å². The maximum Gasteiger partial charge on any atom is 0.250 e. The summed E-state index contributed by atoms with van der Waals surface area (Å²) in [5.41, 5.74) is 5.47. The van der Waals surface area contributed by atoms with Crippen LogP contribution in [0.5, 0.6) is 0 Å². The highest BCUT2D eigenvalue weighted by Gasteiger charge is 2.22. The van der Waals surface area contributed by atoms with Gasteiger partial charge in [0.05, 0.1) is 11.3 Å². The summed E-state index contributed by atoms with van der Waals surface area (Å²) in [4.78, 5) is 22.9. The number of hydrogen-bond acceptors (Lipinski definition) is 2. The van der Waals surface area contributed by atoms with Crippen LogP contribution in [0.4, 0.5) is 5.69 Å². The molecular formula is C12H16N2O2. The van der Waals surface area contributed by atoms with Crippen molar-refractivity contribution in [1.29, 1.82) is 0 Å². The lowest BCUT2D eigenvalue weighted by atomic mass is 9.95. The summed E-state index contributed by atoms with van der Waals surface area (Å²) in [5.74, 6) is -0.703. The summed E-state index contributed by atoms with van der Waals surface area (Å²) in [7, 11) is 0. The van der Waals surface area contributed by atoms with E-state index < -0.39 is 11.3 Å². The van der Waals surface area contributed by atoms with Crippen LogP contribution in [0.25, 0.3) is 0 Å². The number of rotatable bonds is 2. The second-order valence-corrected chi connectivity index (χ2v) is 4.61. The lowest BCUT2D eigenvalue weighted by Gasteiger charge is -2.18. The normalized spacial score (nSPS) is 10.9. The molecule has 16 heavy (non-hydrogen) atoms. The lowest BCUT2D eigenvalue weighted by molar-refractivity contribution is -0.123. The molecule has 3 N–H and O–H groups in total. The quantitative estimate of drug-likeness (QED) is 0.797. The van der Waals surface area contributed by atoms with E-state index in [2.05, 4.69) is 5.32 Å². The van der Waals surface area contributed by atoms with Gasteiger partial charge in [-0.25, -0.2) is 0 Å². The molecule has 0 bridgehead atoms. The number of nitrogens with two attached hydrogens (primary N) is 1. The third kappa shape index (κ3) is 2.82. The van der Waals surface area contributed by atoms with Crippen LogP contribution in [-0.4, -0.2) is 11.8 Å². The van der Waals surface area contributed by atoms with Gasteiger partial charge in [-0.15, -0.1) is 0 Å². The first-order chi connectivity index (χ1) is 7.32. The number of amides is 2. The van der Waals surface area contributed by atoms with Gasteiger partial charge in [0.25, 0.3) is 5.91 Å². The van der Waals surface area contributed by atoms with Gasteiger partial charge in [-0.2, -0.15) is 0 Å². The average molecular weight is 220 g/mol. The Kier molecular flexibility index (Phi) is 3.32. The Balaban J connectivity index is 2.98. The van der Waals surface area contributed by atoms with Crippen molar-refractivity contribution in [3.8, 4) is 0 Å². The molecule has 0 atom stereocenters. The maximum absolute atomic E-state index is 11.7. The van der Waals surface area contributed by atoms with Gasteiger partial charge in [0.2, 0.25) is 5.91 Å². The van der Waals surface area contributed by atoms with Gasteiger partial charge in [-0.05, 0) is 12.1 Å². The smallest absolute Gasteiger partial charge is 0.250 e. The summed E-state index contributed by atoms with van der Waals surface area (Å²) in [5, 5.41) is 2.69. The van der Waals surface area contributed by atoms with E-state index in [-0.39, 0.29) is 5.91 Å². The molecule has 0 saturated carbocycles. The molecule has 0 spiro atoms. The number of anilines is 1. The molecule has 0 aliphatic rings. The van der Waals surface area contributed by atoms with Gasteiger partial charge in [-0.3, -0.25) is 9.59 Å². The van der Waals surface area contributed by atoms with Crippen LogP contribution >= 0.6 is 0 Å². The molecular weight excluding hydrogens is 204 g/mol. The zero-order valence-electron chi connectivity index (χ0n) is 9.70. The monoisotopic (exact) mass is 220 g/mol. The van der Waals surface area contributed by atoms with E-state index in [1.165, 1.54) is 0 Å². The third-order valence-corrected chi connectivity index (χ3v) is 2.12. The standard InChI is InChI=1S/C12H16N2O2/c1-12(2,3)11(16)14-9-7-5-4-6-8(9)10(13)15/h4-7H,1-3H3,(H2,13,15)(H,14,16). The molecule has 0 aliphatic heterocycles. The first-order valence-electron chi connectivity index (χ1n) is 5.02. The van der Waals surface area contributed by atoms with Crippen molar-refractivity contribution in [3.05, 3.63) is 29.8 Å².